The summed E-state index contributed by atoms with van der Waals surface area (Å²) in [5, 5.41) is 3.41. The van der Waals surface area contributed by atoms with Crippen LogP contribution >= 0.6 is 0 Å². The van der Waals surface area contributed by atoms with Crippen LogP contribution in [0.3, 0.4) is 0 Å². The molecule has 5 nitrogen and oxygen atoms in total. The van der Waals surface area contributed by atoms with Gasteiger partial charge in [0.2, 0.25) is 0 Å². The van der Waals surface area contributed by atoms with Crippen molar-refractivity contribution in [3.63, 3.8) is 0 Å². The van der Waals surface area contributed by atoms with E-state index in [-0.39, 0.29) is 0 Å². The van der Waals surface area contributed by atoms with Gasteiger partial charge in [0.05, 0.1) is 13.2 Å². The van der Waals surface area contributed by atoms with Crippen molar-refractivity contribution in [2.24, 2.45) is 0 Å². The number of ether oxygens (including phenoxy) is 1. The van der Waals surface area contributed by atoms with Crippen LogP contribution in [-0.2, 0) is 11.3 Å². The summed E-state index contributed by atoms with van der Waals surface area (Å²) >= 11 is 0. The molecule has 102 valence electrons. The molecule has 0 bridgehead atoms. The monoisotopic (exact) mass is 252 g/mol. The first kappa shape index (κ1) is 13.5. The fourth-order valence-corrected chi connectivity index (χ4v) is 2.36. The van der Waals surface area contributed by atoms with E-state index < -0.39 is 0 Å². The molecule has 0 spiro atoms. The highest BCUT2D eigenvalue weighted by Crippen LogP contribution is 2.07. The van der Waals surface area contributed by atoms with E-state index in [0.717, 1.165) is 51.8 Å². The van der Waals surface area contributed by atoms with Crippen molar-refractivity contribution < 1.29 is 4.74 Å². The van der Waals surface area contributed by atoms with Crippen LogP contribution in [0.25, 0.3) is 0 Å². The first-order chi connectivity index (χ1) is 8.81. The summed E-state index contributed by atoms with van der Waals surface area (Å²) in [7, 11) is 0. The molecular formula is C13H24N4O. The Labute approximate surface area is 109 Å². The second-order valence-electron chi connectivity index (χ2n) is 4.74. The Morgan fingerprint density at radius 2 is 2.39 bits per heavy atom. The number of aromatic nitrogens is 2. The highest BCUT2D eigenvalue weighted by molar-refractivity contribution is 4.89. The summed E-state index contributed by atoms with van der Waals surface area (Å²) in [4.78, 5) is 6.78. The molecule has 5 heteroatoms. The lowest BCUT2D eigenvalue weighted by Crippen LogP contribution is -2.51. The summed E-state index contributed by atoms with van der Waals surface area (Å²) < 4.78 is 7.78. The van der Waals surface area contributed by atoms with Crippen molar-refractivity contribution >= 4 is 0 Å². The normalized spacial score (nSPS) is 21.3. The van der Waals surface area contributed by atoms with Gasteiger partial charge in [-0.15, -0.1) is 0 Å². The molecule has 1 unspecified atom stereocenters. The Bertz CT molecular complexity index is 353. The summed E-state index contributed by atoms with van der Waals surface area (Å²) in [6, 6.07) is 0.502. The van der Waals surface area contributed by atoms with Gasteiger partial charge in [-0.1, -0.05) is 6.92 Å². The van der Waals surface area contributed by atoms with Gasteiger partial charge in [0.25, 0.3) is 0 Å². The smallest absolute Gasteiger partial charge is 0.105 e. The number of rotatable bonds is 6. The SMILES string of the molecule is CCNCC1COCCN1CCn1ccnc1C. The molecule has 0 radical (unpaired) electrons. The molecule has 1 N–H and O–H groups in total. The molecule has 18 heavy (non-hydrogen) atoms. The molecule has 0 aliphatic carbocycles. The molecule has 2 rings (SSSR count). The predicted molar refractivity (Wildman–Crippen MR) is 71.7 cm³/mol. The Kier molecular flexibility index (Phi) is 5.16. The summed E-state index contributed by atoms with van der Waals surface area (Å²) in [6.07, 6.45) is 3.92. The van der Waals surface area contributed by atoms with Crippen molar-refractivity contribution in [3.8, 4) is 0 Å². The van der Waals surface area contributed by atoms with Gasteiger partial charge in [-0.05, 0) is 13.5 Å². The van der Waals surface area contributed by atoms with Crippen LogP contribution in [0.5, 0.6) is 0 Å². The maximum Gasteiger partial charge on any atom is 0.105 e. The third-order valence-electron chi connectivity index (χ3n) is 3.53. The number of likely N-dealkylation sites (N-methyl/N-ethyl adjacent to an activating group) is 1. The predicted octanol–water partition coefficient (Wildman–Crippen LogP) is 0.502. The molecule has 0 amide bonds. The zero-order chi connectivity index (χ0) is 12.8. The first-order valence-electron chi connectivity index (χ1n) is 6.81. The summed E-state index contributed by atoms with van der Waals surface area (Å²) in [5.41, 5.74) is 0. The van der Waals surface area contributed by atoms with E-state index in [0.29, 0.717) is 6.04 Å². The van der Waals surface area contributed by atoms with E-state index in [1.807, 2.05) is 6.20 Å². The number of morpholine rings is 1. The average molecular weight is 252 g/mol. The lowest BCUT2D eigenvalue weighted by atomic mass is 10.2. The lowest BCUT2D eigenvalue weighted by molar-refractivity contribution is -0.00801. The van der Waals surface area contributed by atoms with Gasteiger partial charge in [-0.2, -0.15) is 0 Å². The Morgan fingerprint density at radius 3 is 3.11 bits per heavy atom. The van der Waals surface area contributed by atoms with Crippen LogP contribution in [-0.4, -0.2) is 59.9 Å². The molecule has 2 heterocycles. The molecule has 1 atom stereocenters. The Morgan fingerprint density at radius 1 is 1.50 bits per heavy atom. The molecule has 1 aromatic heterocycles. The minimum absolute atomic E-state index is 0.502. The number of aryl methyl sites for hydroxylation is 1. The van der Waals surface area contributed by atoms with Gasteiger partial charge in [-0.25, -0.2) is 4.98 Å². The molecule has 1 aliphatic heterocycles. The van der Waals surface area contributed by atoms with Gasteiger partial charge < -0.3 is 14.6 Å². The van der Waals surface area contributed by atoms with Crippen LogP contribution in [0, 0.1) is 6.92 Å². The van der Waals surface area contributed by atoms with E-state index in [9.17, 15) is 0 Å². The molecule has 1 aromatic rings. The Balaban J connectivity index is 1.83. The molecule has 0 aromatic carbocycles. The summed E-state index contributed by atoms with van der Waals surface area (Å²) in [6.45, 7) is 11.0. The number of hydrogen-bond acceptors (Lipinski definition) is 4. The Hall–Kier alpha value is -0.910. The molecule has 0 saturated carbocycles. The average Bonchev–Trinajstić information content (AvgIpc) is 2.80. The van der Waals surface area contributed by atoms with Gasteiger partial charge >= 0.3 is 0 Å². The third kappa shape index (κ3) is 3.54. The van der Waals surface area contributed by atoms with Crippen LogP contribution < -0.4 is 5.32 Å². The second kappa shape index (κ2) is 6.87. The largest absolute Gasteiger partial charge is 0.378 e. The fraction of sp³-hybridized carbons (Fsp3) is 0.769. The first-order valence-corrected chi connectivity index (χ1v) is 6.81. The maximum atomic E-state index is 5.57. The van der Waals surface area contributed by atoms with E-state index in [1.54, 1.807) is 0 Å². The quantitative estimate of drug-likeness (QED) is 0.801. The zero-order valence-corrected chi connectivity index (χ0v) is 11.4. The maximum absolute atomic E-state index is 5.57. The van der Waals surface area contributed by atoms with E-state index in [2.05, 4.69) is 39.8 Å². The van der Waals surface area contributed by atoms with E-state index >= 15 is 0 Å². The minimum Gasteiger partial charge on any atom is -0.378 e. The van der Waals surface area contributed by atoms with Crippen molar-refractivity contribution in [1.82, 2.24) is 19.8 Å². The van der Waals surface area contributed by atoms with Crippen LogP contribution in [0.4, 0.5) is 0 Å². The van der Waals surface area contributed by atoms with Crippen molar-refractivity contribution in [2.45, 2.75) is 26.4 Å². The standard InChI is InChI=1S/C13H24N4O/c1-3-14-10-13-11-18-9-8-17(13)7-6-16-5-4-15-12(16)2/h4-5,13-14H,3,6-11H2,1-2H3. The minimum atomic E-state index is 0.502. The lowest BCUT2D eigenvalue weighted by Gasteiger charge is -2.35. The van der Waals surface area contributed by atoms with Gasteiger partial charge in [0.15, 0.2) is 0 Å². The fourth-order valence-electron chi connectivity index (χ4n) is 2.36. The molecular weight excluding hydrogens is 228 g/mol. The highest BCUT2D eigenvalue weighted by atomic mass is 16.5. The topological polar surface area (TPSA) is 42.3 Å². The highest BCUT2D eigenvalue weighted by Gasteiger charge is 2.22. The molecule has 1 fully saturated rings. The van der Waals surface area contributed by atoms with E-state index in [4.69, 9.17) is 4.74 Å². The van der Waals surface area contributed by atoms with Gasteiger partial charge in [-0.3, -0.25) is 4.90 Å². The van der Waals surface area contributed by atoms with Crippen LogP contribution in [0.2, 0.25) is 0 Å². The number of hydrogen-bond donors (Lipinski definition) is 1. The van der Waals surface area contributed by atoms with Gasteiger partial charge in [0, 0.05) is 44.6 Å². The number of nitrogens with zero attached hydrogens (tertiary/aromatic N) is 3. The van der Waals surface area contributed by atoms with Crippen molar-refractivity contribution in [3.05, 3.63) is 18.2 Å². The number of nitrogens with one attached hydrogen (secondary N) is 1. The van der Waals surface area contributed by atoms with Crippen molar-refractivity contribution in [1.29, 1.82) is 0 Å². The second-order valence-corrected chi connectivity index (χ2v) is 4.74. The van der Waals surface area contributed by atoms with Gasteiger partial charge in [0.1, 0.15) is 5.82 Å². The third-order valence-corrected chi connectivity index (χ3v) is 3.53. The number of imidazole rings is 1. The zero-order valence-electron chi connectivity index (χ0n) is 11.4. The van der Waals surface area contributed by atoms with Crippen LogP contribution in [0.1, 0.15) is 12.7 Å². The summed E-state index contributed by atoms with van der Waals surface area (Å²) in [5.74, 6) is 1.09. The van der Waals surface area contributed by atoms with Crippen LogP contribution in [0.15, 0.2) is 12.4 Å². The van der Waals surface area contributed by atoms with E-state index in [1.165, 1.54) is 0 Å². The van der Waals surface area contributed by atoms with Crippen molar-refractivity contribution in [2.75, 3.05) is 39.4 Å². The molecule has 1 aliphatic rings. The molecule has 1 saturated heterocycles.